The van der Waals surface area contributed by atoms with Gasteiger partial charge in [-0.2, -0.15) is 0 Å². The number of ether oxygens (including phenoxy) is 3. The number of H-pyrrole nitrogens is 2. The van der Waals surface area contributed by atoms with Crippen molar-refractivity contribution in [2.45, 2.75) is 51.0 Å². The van der Waals surface area contributed by atoms with E-state index in [1.165, 1.54) is 38.5 Å². The Morgan fingerprint density at radius 2 is 1.22 bits per heavy atom. The van der Waals surface area contributed by atoms with Crippen molar-refractivity contribution in [1.82, 2.24) is 20.2 Å². The Balaban J connectivity index is 0.000000306. The number of nitrogens with two attached hydrogens (primary N) is 2. The molecule has 5 heterocycles. The molecule has 2 aromatic heterocycles. The first-order chi connectivity index (χ1) is 29.8. The summed E-state index contributed by atoms with van der Waals surface area (Å²) in [6, 6.07) is 20.8. The molecule has 3 fully saturated rings. The van der Waals surface area contributed by atoms with E-state index in [0.29, 0.717) is 60.5 Å². The predicted octanol–water partition coefficient (Wildman–Crippen LogP) is 10.2. The number of nitrogens with zero attached hydrogens (tertiary/aromatic N) is 1. The maximum atomic E-state index is 11.2. The van der Waals surface area contributed by atoms with Crippen LogP contribution in [-0.2, 0) is 70.3 Å². The fourth-order valence-corrected chi connectivity index (χ4v) is 7.23. The number of aromatic nitrogens is 2. The molecule has 64 heavy (non-hydrogen) atoms. The number of nitrogen functional groups attached to an aromatic ring is 1. The summed E-state index contributed by atoms with van der Waals surface area (Å²) in [6.07, 6.45) is 9.42. The van der Waals surface area contributed by atoms with Crippen molar-refractivity contribution in [2.75, 3.05) is 52.4 Å². The third kappa shape index (κ3) is 22.0. The van der Waals surface area contributed by atoms with E-state index in [-0.39, 0.29) is 65.4 Å². The van der Waals surface area contributed by atoms with Crippen molar-refractivity contribution in [3.63, 3.8) is 0 Å². The van der Waals surface area contributed by atoms with Crippen LogP contribution in [0.2, 0.25) is 0 Å². The van der Waals surface area contributed by atoms with Crippen LogP contribution in [0.5, 0.6) is 0 Å². The van der Waals surface area contributed by atoms with Crippen LogP contribution in [0.4, 0.5) is 10.5 Å². The number of cyclic esters (lactones) is 3. The molecule has 5 aromatic rings. The number of hydrogen-bond acceptors (Lipinski definition) is 10. The summed E-state index contributed by atoms with van der Waals surface area (Å²) in [5.41, 5.74) is 17.7. The van der Waals surface area contributed by atoms with Gasteiger partial charge in [0.2, 0.25) is 0 Å². The van der Waals surface area contributed by atoms with Crippen LogP contribution in [0.25, 0.3) is 21.8 Å². The molecule has 8 N–H and O–H groups in total. The summed E-state index contributed by atoms with van der Waals surface area (Å²) in [5.74, 6) is 5.77. The average Bonchev–Trinajstić information content (AvgIpc) is 4.09. The summed E-state index contributed by atoms with van der Waals surface area (Å²) in [4.78, 5) is 41.6. The second-order valence-electron chi connectivity index (χ2n) is 15.1. The van der Waals surface area contributed by atoms with E-state index in [0.717, 1.165) is 55.4 Å². The molecule has 0 radical (unpaired) electrons. The summed E-state index contributed by atoms with van der Waals surface area (Å²) in [6.45, 7) is 3.26. The number of esters is 2. The summed E-state index contributed by atoms with van der Waals surface area (Å²) in [7, 11) is 4.82. The van der Waals surface area contributed by atoms with Gasteiger partial charge in [0.25, 0.3) is 0 Å². The number of carbonyl (C=O) groups excluding carboxylic acids is 3. The number of alkyl carbamates (subject to hydrolysis) is 1. The molecular weight excluding hydrogens is 1600 g/mol. The number of hydrogen-bond donors (Lipinski definition) is 6. The fourth-order valence-electron chi connectivity index (χ4n) is 7.23. The van der Waals surface area contributed by atoms with Gasteiger partial charge in [0.1, 0.15) is 6.61 Å². The fraction of sp³-hybridized carbons (Fsp3) is 0.405. The first kappa shape index (κ1) is 60.6. The summed E-state index contributed by atoms with van der Waals surface area (Å²) >= 11 is 12.1. The third-order valence-corrected chi connectivity index (χ3v) is 10.2. The summed E-state index contributed by atoms with van der Waals surface area (Å²) < 4.78 is 14.9. The van der Waals surface area contributed by atoms with Crippen LogP contribution in [0.1, 0.15) is 40.7 Å². The number of hydrazine groups is 1. The minimum atomic E-state index is -0.333. The normalized spacial score (nSPS) is 17.1. The van der Waals surface area contributed by atoms with Gasteiger partial charge in [-0.3, -0.25) is 15.4 Å². The second kappa shape index (κ2) is 33.1. The quantitative estimate of drug-likeness (QED) is 0.0231. The van der Waals surface area contributed by atoms with E-state index in [1.54, 1.807) is 0 Å². The molecule has 13 nitrogen and oxygen atoms in total. The number of halogens is 7. The molecule has 0 saturated carbocycles. The number of carbonyl (C=O) groups is 3. The Bertz CT molecular complexity index is 2170. The van der Waals surface area contributed by atoms with Crippen LogP contribution < -0.4 is 22.3 Å². The summed E-state index contributed by atoms with van der Waals surface area (Å²) in [5, 5.41) is 5.28. The monoisotopic (exact) mass is 1650 g/mol. The Kier molecular flexibility index (Phi) is 31.4. The molecule has 3 atom stereocenters. The Hall–Kier alpha value is 0.469. The molecule has 0 spiro atoms. The van der Waals surface area contributed by atoms with Gasteiger partial charge < -0.3 is 45.6 Å². The predicted molar refractivity (Wildman–Crippen MR) is 306 cm³/mol. The zero-order chi connectivity index (χ0) is 45.0. The van der Waals surface area contributed by atoms with Crippen molar-refractivity contribution >= 4 is 182 Å². The first-order valence-electron chi connectivity index (χ1n) is 19.8. The Labute approximate surface area is 465 Å². The van der Waals surface area contributed by atoms with Crippen LogP contribution in [0.3, 0.4) is 0 Å². The van der Waals surface area contributed by atoms with Gasteiger partial charge in [0.15, 0.2) is 0 Å². The van der Waals surface area contributed by atoms with E-state index >= 15 is 0 Å². The van der Waals surface area contributed by atoms with Gasteiger partial charge in [-0.25, -0.2) is 4.79 Å². The standard InChI is InChI=1S/C17H22N2O2.C15H18N2O2.C10H13N3O2.ClH.6HI.2V/c1-19(2)6-5-14-10-18-16-4-3-12(8-15(14)16)7-13-9-17(20)21-11-13;16-4-3-12-8-17-14-2-1-10(6-13(12)14)5-11-7-15(18)19-9-11;11-13-8-3-1-7(2-4-8)5-9-6-15-10(14)12-9;;;;;;;;;/h3-4,8,10,13,18H,5-7,9,11H2,1-2H3;1-2,6,8,11,17H,3-5,7,9,16H2;1-4,9,13H,5-6,11H2,(H,12,14);7*1H;;/q;;;;;;;;;;+2;+3/p-5/t13-;11-;9-;;;;;;;;;/m110........./s1. The number of fused-ring (bicyclic) bond motifs is 2. The number of anilines is 1. The van der Waals surface area contributed by atoms with Gasteiger partial charge in [-0.05, 0) is 117 Å². The molecule has 1 amide bonds. The maximum absolute atomic E-state index is 11.2. The molecule has 8 rings (SSSR count). The first-order valence-corrected chi connectivity index (χ1v) is 42.4. The van der Waals surface area contributed by atoms with Crippen LogP contribution >= 0.6 is 136 Å². The number of rotatable bonds is 12. The van der Waals surface area contributed by atoms with Gasteiger partial charge in [0, 0.05) is 58.3 Å². The second-order valence-corrected chi connectivity index (χ2v) is 62.3. The van der Waals surface area contributed by atoms with Crippen molar-refractivity contribution in [3.8, 4) is 0 Å². The van der Waals surface area contributed by atoms with Gasteiger partial charge in [-0.1, -0.05) is 24.3 Å². The number of likely N-dealkylation sites (N-methyl/N-ethyl adjacent to an activating group) is 1. The zero-order valence-electron chi connectivity index (χ0n) is 35.3. The van der Waals surface area contributed by atoms with Gasteiger partial charge >= 0.3 is 132 Å². The number of aromatic amines is 2. The van der Waals surface area contributed by atoms with Crippen LogP contribution in [0.15, 0.2) is 73.1 Å². The molecule has 0 aliphatic carbocycles. The topological polar surface area (TPSA) is 190 Å². The van der Waals surface area contributed by atoms with Crippen LogP contribution in [0, 0.1) is 11.8 Å². The van der Waals surface area contributed by atoms with Crippen LogP contribution in [-0.4, -0.2) is 85.9 Å². The average molecular weight is 1650 g/mol. The Morgan fingerprint density at radius 1 is 0.750 bits per heavy atom. The molecule has 3 aliphatic heterocycles. The SMILES string of the molecule is CN(C)CCc1c[nH]c2ccc(C[C@H]3COC(=O)C3)cc12.Cl.I.NCCc1c[nH]c2ccc(C[C@H]3COC(=O)C3)cc12.NNc1ccc(C[C@H]2COC(=O)N2)cc1.[I][V]([I])[I].[I][V][I]. The van der Waals surface area contributed by atoms with Crippen molar-refractivity contribution in [2.24, 2.45) is 23.4 Å². The molecule has 0 unspecified atom stereocenters. The van der Waals surface area contributed by atoms with Gasteiger partial charge in [0.05, 0.1) is 32.1 Å². The van der Waals surface area contributed by atoms with Crippen molar-refractivity contribution in [1.29, 1.82) is 0 Å². The molecule has 3 aliphatic rings. The number of benzene rings is 3. The van der Waals surface area contributed by atoms with Crippen molar-refractivity contribution < 1.29 is 43.0 Å². The van der Waals surface area contributed by atoms with E-state index < -0.39 is 0 Å². The van der Waals surface area contributed by atoms with E-state index in [4.69, 9.17) is 25.8 Å². The molecule has 353 valence electrons. The molecule has 0 bridgehead atoms. The van der Waals surface area contributed by atoms with Crippen molar-refractivity contribution in [3.05, 3.63) is 101 Å². The number of amides is 1. The van der Waals surface area contributed by atoms with Gasteiger partial charge in [-0.15, -0.1) is 36.4 Å². The zero-order valence-corrected chi connectivity index (χ0v) is 52.0. The van der Waals surface area contributed by atoms with E-state index in [9.17, 15) is 14.4 Å². The van der Waals surface area contributed by atoms with E-state index in [2.05, 4.69) is 182 Å². The molecule has 22 heteroatoms. The van der Waals surface area contributed by atoms with E-state index in [1.807, 2.05) is 30.5 Å². The third-order valence-electron chi connectivity index (χ3n) is 10.2. The molecule has 3 aromatic carbocycles. The number of nitrogens with one attached hydrogen (secondary N) is 4. The minimum absolute atomic E-state index is 0. The Morgan fingerprint density at radius 3 is 1.61 bits per heavy atom. The molecular formula is C42H55ClI6N7O6V2. The molecule has 3 saturated heterocycles.